The summed E-state index contributed by atoms with van der Waals surface area (Å²) < 4.78 is 4.95. The molecule has 1 aromatic carbocycles. The van der Waals surface area contributed by atoms with Crippen LogP contribution in [0.5, 0.6) is 11.5 Å². The van der Waals surface area contributed by atoms with Crippen molar-refractivity contribution in [3.05, 3.63) is 23.8 Å². The van der Waals surface area contributed by atoms with Crippen LogP contribution >= 0.6 is 0 Å². The third-order valence-electron chi connectivity index (χ3n) is 2.35. The predicted octanol–water partition coefficient (Wildman–Crippen LogP) is -2.88. The number of rotatable bonds is 5. The second kappa shape index (κ2) is 7.14. The van der Waals surface area contributed by atoms with E-state index in [1.807, 2.05) is 14.1 Å². The minimum absolute atomic E-state index is 0. The third-order valence-corrected chi connectivity index (χ3v) is 2.35. The maximum Gasteiger partial charge on any atom is 0.168 e. The molecule has 96 valence electrons. The minimum atomic E-state index is 0. The Labute approximate surface area is 108 Å². The van der Waals surface area contributed by atoms with E-state index in [2.05, 4.69) is 0 Å². The number of phenols is 1. The van der Waals surface area contributed by atoms with E-state index in [1.54, 1.807) is 12.1 Å². The van der Waals surface area contributed by atoms with Crippen LogP contribution in [0.25, 0.3) is 0 Å². The largest absolute Gasteiger partial charge is 1.00 e. The fourth-order valence-corrected chi connectivity index (χ4v) is 1.36. The summed E-state index contributed by atoms with van der Waals surface area (Å²) in [4.78, 5) is 13.0. The zero-order chi connectivity index (χ0) is 12.1. The molecule has 0 saturated carbocycles. The Morgan fingerprint density at radius 1 is 1.41 bits per heavy atom. The van der Waals surface area contributed by atoms with Gasteiger partial charge in [-0.15, -0.1) is 0 Å². The number of halogens is 1. The maximum absolute atomic E-state index is 11.8. The molecule has 0 unspecified atom stereocenters. The molecular formula is C12H18ClNO3. The average molecular weight is 260 g/mol. The fourth-order valence-electron chi connectivity index (χ4n) is 1.36. The molecule has 0 spiro atoms. The first kappa shape index (κ1) is 15.7. The number of hydrogen-bond acceptors (Lipinski definition) is 3. The maximum atomic E-state index is 11.8. The van der Waals surface area contributed by atoms with Crippen molar-refractivity contribution >= 4 is 5.78 Å². The quantitative estimate of drug-likeness (QED) is 0.559. The molecule has 0 bridgehead atoms. The van der Waals surface area contributed by atoms with Crippen LogP contribution < -0.4 is 22.0 Å². The molecule has 0 heterocycles. The van der Waals surface area contributed by atoms with Gasteiger partial charge in [0.25, 0.3) is 0 Å². The van der Waals surface area contributed by atoms with E-state index in [0.717, 1.165) is 6.54 Å². The zero-order valence-electron chi connectivity index (χ0n) is 10.3. The molecule has 5 heteroatoms. The summed E-state index contributed by atoms with van der Waals surface area (Å²) in [6.45, 7) is 0.794. The minimum Gasteiger partial charge on any atom is -1.00 e. The van der Waals surface area contributed by atoms with Crippen LogP contribution in [0.15, 0.2) is 18.2 Å². The van der Waals surface area contributed by atoms with Gasteiger partial charge in [0.2, 0.25) is 0 Å². The van der Waals surface area contributed by atoms with Crippen LogP contribution in [0.2, 0.25) is 0 Å². The Balaban J connectivity index is 0.00000256. The van der Waals surface area contributed by atoms with Crippen molar-refractivity contribution in [3.63, 3.8) is 0 Å². The van der Waals surface area contributed by atoms with Crippen LogP contribution in [0.1, 0.15) is 16.8 Å². The Bertz CT molecular complexity index is 380. The normalized spacial score (nSPS) is 9.88. The van der Waals surface area contributed by atoms with Crippen molar-refractivity contribution in [2.75, 3.05) is 27.7 Å². The average Bonchev–Trinajstić information content (AvgIpc) is 2.26. The van der Waals surface area contributed by atoms with Gasteiger partial charge in [0.05, 0.1) is 34.2 Å². The monoisotopic (exact) mass is 259 g/mol. The van der Waals surface area contributed by atoms with E-state index < -0.39 is 0 Å². The number of hydrogen-bond donors (Lipinski definition) is 2. The molecular weight excluding hydrogens is 242 g/mol. The molecule has 4 nitrogen and oxygen atoms in total. The van der Waals surface area contributed by atoms with Crippen LogP contribution in [0.4, 0.5) is 0 Å². The van der Waals surface area contributed by atoms with Crippen molar-refractivity contribution < 1.29 is 31.9 Å². The van der Waals surface area contributed by atoms with E-state index >= 15 is 0 Å². The van der Waals surface area contributed by atoms with Crippen LogP contribution in [0, 0.1) is 0 Å². The summed E-state index contributed by atoms with van der Waals surface area (Å²) in [5.74, 6) is 0.458. The summed E-state index contributed by atoms with van der Waals surface area (Å²) in [6.07, 6.45) is 0.496. The molecule has 0 radical (unpaired) electrons. The van der Waals surface area contributed by atoms with Gasteiger partial charge < -0.3 is 27.2 Å². The lowest BCUT2D eigenvalue weighted by molar-refractivity contribution is -0.857. The zero-order valence-corrected chi connectivity index (χ0v) is 11.0. The Kier molecular flexibility index (Phi) is 6.61. The molecule has 0 amide bonds. The van der Waals surface area contributed by atoms with Gasteiger partial charge in [-0.25, -0.2) is 0 Å². The van der Waals surface area contributed by atoms with E-state index in [1.165, 1.54) is 18.1 Å². The van der Waals surface area contributed by atoms with E-state index in [9.17, 15) is 9.90 Å². The molecule has 0 aliphatic carbocycles. The first-order valence-electron chi connectivity index (χ1n) is 5.24. The number of ether oxygens (including phenoxy) is 1. The SMILES string of the molecule is COc1cc(C(=O)CC[NH+](C)C)ccc1O.[Cl-]. The molecule has 1 rings (SSSR count). The number of Topliss-reactive ketones (excluding diaryl/α,β-unsaturated/α-hetero) is 1. The number of carbonyl (C=O) groups is 1. The smallest absolute Gasteiger partial charge is 0.168 e. The summed E-state index contributed by atoms with van der Waals surface area (Å²) in [7, 11) is 5.47. The van der Waals surface area contributed by atoms with Crippen molar-refractivity contribution in [2.24, 2.45) is 0 Å². The summed E-state index contributed by atoms with van der Waals surface area (Å²) >= 11 is 0. The van der Waals surface area contributed by atoms with E-state index in [4.69, 9.17) is 4.74 Å². The second-order valence-electron chi connectivity index (χ2n) is 4.02. The van der Waals surface area contributed by atoms with Gasteiger partial charge in [0, 0.05) is 5.56 Å². The molecule has 0 fully saturated rings. The van der Waals surface area contributed by atoms with Crippen LogP contribution in [-0.2, 0) is 0 Å². The molecule has 0 atom stereocenters. The number of aromatic hydroxyl groups is 1. The molecule has 0 aliphatic heterocycles. The van der Waals surface area contributed by atoms with E-state index in [0.29, 0.717) is 17.7 Å². The van der Waals surface area contributed by atoms with Crippen molar-refractivity contribution in [2.45, 2.75) is 6.42 Å². The molecule has 1 aromatic rings. The van der Waals surface area contributed by atoms with Crippen LogP contribution in [-0.4, -0.2) is 38.6 Å². The van der Waals surface area contributed by atoms with Gasteiger partial charge in [-0.3, -0.25) is 4.79 Å². The van der Waals surface area contributed by atoms with Crippen molar-refractivity contribution in [1.82, 2.24) is 0 Å². The van der Waals surface area contributed by atoms with Gasteiger partial charge in [-0.2, -0.15) is 0 Å². The highest BCUT2D eigenvalue weighted by molar-refractivity contribution is 5.96. The highest BCUT2D eigenvalue weighted by atomic mass is 35.5. The Hall–Kier alpha value is -1.26. The Morgan fingerprint density at radius 2 is 2.06 bits per heavy atom. The van der Waals surface area contributed by atoms with Crippen molar-refractivity contribution in [3.8, 4) is 11.5 Å². The number of benzene rings is 1. The lowest BCUT2D eigenvalue weighted by atomic mass is 10.1. The first-order chi connectivity index (χ1) is 7.54. The molecule has 0 saturated heterocycles. The van der Waals surface area contributed by atoms with Gasteiger partial charge in [-0.05, 0) is 18.2 Å². The lowest BCUT2D eigenvalue weighted by Crippen LogP contribution is -3.05. The Morgan fingerprint density at radius 3 is 2.59 bits per heavy atom. The lowest BCUT2D eigenvalue weighted by Gasteiger charge is -2.08. The molecule has 17 heavy (non-hydrogen) atoms. The number of ketones is 1. The third kappa shape index (κ3) is 4.63. The number of phenolic OH excluding ortho intramolecular Hbond substituents is 1. The van der Waals surface area contributed by atoms with Gasteiger partial charge in [0.15, 0.2) is 17.3 Å². The number of carbonyl (C=O) groups excluding carboxylic acids is 1. The summed E-state index contributed by atoms with van der Waals surface area (Å²) in [5.41, 5.74) is 0.580. The highest BCUT2D eigenvalue weighted by Crippen LogP contribution is 2.26. The molecule has 2 N–H and O–H groups in total. The van der Waals surface area contributed by atoms with Gasteiger partial charge in [-0.1, -0.05) is 0 Å². The van der Waals surface area contributed by atoms with Gasteiger partial charge in [0.1, 0.15) is 0 Å². The molecule has 0 aromatic heterocycles. The second-order valence-corrected chi connectivity index (χ2v) is 4.02. The standard InChI is InChI=1S/C12H17NO3.ClH/c1-13(2)7-6-10(14)9-4-5-11(15)12(8-9)16-3;/h4-5,8,15H,6-7H2,1-3H3;1H. The topological polar surface area (TPSA) is 51.0 Å². The van der Waals surface area contributed by atoms with Crippen molar-refractivity contribution in [1.29, 1.82) is 0 Å². The first-order valence-corrected chi connectivity index (χ1v) is 5.24. The van der Waals surface area contributed by atoms with E-state index in [-0.39, 0.29) is 23.9 Å². The predicted molar refractivity (Wildman–Crippen MR) is 61.3 cm³/mol. The summed E-state index contributed by atoms with van der Waals surface area (Å²) in [6, 6.07) is 4.67. The number of quaternary nitrogens is 1. The molecule has 0 aliphatic rings. The highest BCUT2D eigenvalue weighted by Gasteiger charge is 2.10. The number of nitrogens with one attached hydrogen (secondary N) is 1. The fraction of sp³-hybridized carbons (Fsp3) is 0.417. The van der Waals surface area contributed by atoms with Crippen LogP contribution in [0.3, 0.4) is 0 Å². The van der Waals surface area contributed by atoms with Gasteiger partial charge >= 0.3 is 0 Å². The summed E-state index contributed by atoms with van der Waals surface area (Å²) in [5, 5.41) is 9.39. The number of methoxy groups -OCH3 is 1.